The standard InChI is InChI=1S/C11H10N2O3/c14-11(15)9-1-3-12-6-10(9)13-5-8-2-4-16-7-8/h1-4,6-7,13H,5H2,(H,14,15). The Bertz CT molecular complexity index is 480. The predicted molar refractivity (Wildman–Crippen MR) is 57.2 cm³/mol. The molecule has 2 N–H and O–H groups in total. The minimum absolute atomic E-state index is 0.207. The maximum atomic E-state index is 10.9. The fourth-order valence-electron chi connectivity index (χ4n) is 1.31. The molecular weight excluding hydrogens is 208 g/mol. The molecule has 82 valence electrons. The van der Waals surface area contributed by atoms with Crippen molar-refractivity contribution >= 4 is 11.7 Å². The molecule has 0 saturated carbocycles. The summed E-state index contributed by atoms with van der Waals surface area (Å²) < 4.78 is 4.91. The van der Waals surface area contributed by atoms with Crippen molar-refractivity contribution in [1.29, 1.82) is 0 Å². The highest BCUT2D eigenvalue weighted by molar-refractivity contribution is 5.93. The molecule has 0 atom stereocenters. The van der Waals surface area contributed by atoms with Gasteiger partial charge in [-0.2, -0.15) is 0 Å². The van der Waals surface area contributed by atoms with Crippen LogP contribution < -0.4 is 5.32 Å². The molecule has 0 unspecified atom stereocenters. The van der Waals surface area contributed by atoms with Crippen molar-refractivity contribution < 1.29 is 14.3 Å². The summed E-state index contributed by atoms with van der Waals surface area (Å²) in [6.45, 7) is 0.502. The monoisotopic (exact) mass is 218 g/mol. The molecule has 0 fully saturated rings. The van der Waals surface area contributed by atoms with Gasteiger partial charge in [0, 0.05) is 18.3 Å². The SMILES string of the molecule is O=C(O)c1ccncc1NCc1ccoc1. The second-order valence-electron chi connectivity index (χ2n) is 3.21. The van der Waals surface area contributed by atoms with Gasteiger partial charge >= 0.3 is 5.97 Å². The minimum Gasteiger partial charge on any atom is -0.478 e. The van der Waals surface area contributed by atoms with Crippen LogP contribution in [0.5, 0.6) is 0 Å². The summed E-state index contributed by atoms with van der Waals surface area (Å²) in [7, 11) is 0. The Balaban J connectivity index is 2.12. The molecule has 2 rings (SSSR count). The summed E-state index contributed by atoms with van der Waals surface area (Å²) in [5.41, 5.74) is 1.65. The van der Waals surface area contributed by atoms with Crippen LogP contribution in [0.2, 0.25) is 0 Å². The lowest BCUT2D eigenvalue weighted by atomic mass is 10.2. The van der Waals surface area contributed by atoms with E-state index in [1.54, 1.807) is 12.5 Å². The van der Waals surface area contributed by atoms with E-state index in [1.165, 1.54) is 18.5 Å². The van der Waals surface area contributed by atoms with Crippen LogP contribution in [0.15, 0.2) is 41.5 Å². The van der Waals surface area contributed by atoms with E-state index >= 15 is 0 Å². The molecular formula is C11H10N2O3. The molecule has 0 aliphatic rings. The third-order valence-electron chi connectivity index (χ3n) is 2.11. The van der Waals surface area contributed by atoms with Crippen molar-refractivity contribution in [3.63, 3.8) is 0 Å². The first-order valence-electron chi connectivity index (χ1n) is 4.69. The summed E-state index contributed by atoms with van der Waals surface area (Å²) >= 11 is 0. The van der Waals surface area contributed by atoms with Gasteiger partial charge in [0.25, 0.3) is 0 Å². The Kier molecular flexibility index (Phi) is 2.86. The van der Waals surface area contributed by atoms with Gasteiger partial charge in [-0.15, -0.1) is 0 Å². The number of carboxylic acid groups (broad SMARTS) is 1. The zero-order chi connectivity index (χ0) is 11.4. The lowest BCUT2D eigenvalue weighted by Crippen LogP contribution is -2.06. The number of hydrogen-bond donors (Lipinski definition) is 2. The first-order valence-corrected chi connectivity index (χ1v) is 4.69. The number of hydrogen-bond acceptors (Lipinski definition) is 4. The highest BCUT2D eigenvalue weighted by Crippen LogP contribution is 2.14. The molecule has 0 saturated heterocycles. The molecule has 0 bridgehead atoms. The summed E-state index contributed by atoms with van der Waals surface area (Å²) in [6.07, 6.45) is 6.11. The Labute approximate surface area is 91.7 Å². The molecule has 2 aromatic rings. The number of rotatable bonds is 4. The molecule has 0 spiro atoms. The van der Waals surface area contributed by atoms with Gasteiger partial charge in [0.15, 0.2) is 0 Å². The van der Waals surface area contributed by atoms with Crippen molar-refractivity contribution in [2.75, 3.05) is 5.32 Å². The molecule has 5 heteroatoms. The average Bonchev–Trinajstić information content (AvgIpc) is 2.79. The summed E-state index contributed by atoms with van der Waals surface area (Å²) in [6, 6.07) is 3.27. The number of aromatic carboxylic acids is 1. The summed E-state index contributed by atoms with van der Waals surface area (Å²) in [5, 5.41) is 11.9. The molecule has 0 aromatic carbocycles. The average molecular weight is 218 g/mol. The third-order valence-corrected chi connectivity index (χ3v) is 2.11. The molecule has 0 aliphatic heterocycles. The number of nitrogens with zero attached hydrogens (tertiary/aromatic N) is 1. The topological polar surface area (TPSA) is 75.4 Å². The Morgan fingerprint density at radius 3 is 3.06 bits per heavy atom. The Hall–Kier alpha value is -2.30. The van der Waals surface area contributed by atoms with E-state index in [1.807, 2.05) is 6.07 Å². The predicted octanol–water partition coefficient (Wildman–Crippen LogP) is 1.98. The van der Waals surface area contributed by atoms with Crippen molar-refractivity contribution in [3.05, 3.63) is 48.2 Å². The fraction of sp³-hybridized carbons (Fsp3) is 0.0909. The molecule has 5 nitrogen and oxygen atoms in total. The lowest BCUT2D eigenvalue weighted by molar-refractivity contribution is 0.0698. The van der Waals surface area contributed by atoms with E-state index in [0.717, 1.165) is 5.56 Å². The Morgan fingerprint density at radius 1 is 1.50 bits per heavy atom. The second kappa shape index (κ2) is 4.48. The van der Waals surface area contributed by atoms with E-state index in [-0.39, 0.29) is 5.56 Å². The maximum Gasteiger partial charge on any atom is 0.337 e. The van der Waals surface area contributed by atoms with Crippen LogP contribution in [-0.4, -0.2) is 16.1 Å². The first kappa shape index (κ1) is 10.2. The van der Waals surface area contributed by atoms with Crippen LogP contribution in [0.3, 0.4) is 0 Å². The highest BCUT2D eigenvalue weighted by Gasteiger charge is 2.08. The van der Waals surface area contributed by atoms with E-state index in [0.29, 0.717) is 12.2 Å². The van der Waals surface area contributed by atoms with Gasteiger partial charge in [0.2, 0.25) is 0 Å². The molecule has 2 heterocycles. The van der Waals surface area contributed by atoms with E-state index in [4.69, 9.17) is 9.52 Å². The van der Waals surface area contributed by atoms with Crippen LogP contribution >= 0.6 is 0 Å². The van der Waals surface area contributed by atoms with Gasteiger partial charge in [-0.3, -0.25) is 4.98 Å². The van der Waals surface area contributed by atoms with Gasteiger partial charge in [0.05, 0.1) is 30.0 Å². The number of pyridine rings is 1. The molecule has 0 aliphatic carbocycles. The summed E-state index contributed by atoms with van der Waals surface area (Å²) in [5.74, 6) is -0.975. The van der Waals surface area contributed by atoms with Crippen LogP contribution in [0, 0.1) is 0 Å². The van der Waals surface area contributed by atoms with Gasteiger partial charge in [-0.25, -0.2) is 4.79 Å². The number of nitrogens with one attached hydrogen (secondary N) is 1. The number of aromatic nitrogens is 1. The minimum atomic E-state index is -0.975. The second-order valence-corrected chi connectivity index (χ2v) is 3.21. The number of carbonyl (C=O) groups is 1. The van der Waals surface area contributed by atoms with Crippen LogP contribution in [0.25, 0.3) is 0 Å². The quantitative estimate of drug-likeness (QED) is 0.820. The van der Waals surface area contributed by atoms with Crippen LogP contribution in [0.4, 0.5) is 5.69 Å². The third kappa shape index (κ3) is 2.20. The molecule has 2 aromatic heterocycles. The number of anilines is 1. The first-order chi connectivity index (χ1) is 7.77. The zero-order valence-corrected chi connectivity index (χ0v) is 8.38. The Morgan fingerprint density at radius 2 is 2.38 bits per heavy atom. The van der Waals surface area contributed by atoms with Gasteiger partial charge in [-0.1, -0.05) is 0 Å². The normalized spacial score (nSPS) is 10.0. The fourth-order valence-corrected chi connectivity index (χ4v) is 1.31. The maximum absolute atomic E-state index is 10.9. The molecule has 16 heavy (non-hydrogen) atoms. The molecule has 0 radical (unpaired) electrons. The van der Waals surface area contributed by atoms with Crippen LogP contribution in [-0.2, 0) is 6.54 Å². The van der Waals surface area contributed by atoms with Crippen molar-refractivity contribution in [3.8, 4) is 0 Å². The van der Waals surface area contributed by atoms with Gasteiger partial charge < -0.3 is 14.8 Å². The molecule has 0 amide bonds. The lowest BCUT2D eigenvalue weighted by Gasteiger charge is -2.06. The zero-order valence-electron chi connectivity index (χ0n) is 8.38. The van der Waals surface area contributed by atoms with Crippen LogP contribution in [0.1, 0.15) is 15.9 Å². The van der Waals surface area contributed by atoms with Gasteiger partial charge in [-0.05, 0) is 12.1 Å². The summed E-state index contributed by atoms with van der Waals surface area (Å²) in [4.78, 5) is 14.8. The highest BCUT2D eigenvalue weighted by atomic mass is 16.4. The van der Waals surface area contributed by atoms with E-state index in [9.17, 15) is 4.79 Å². The number of carboxylic acids is 1. The van der Waals surface area contributed by atoms with Crippen molar-refractivity contribution in [1.82, 2.24) is 4.98 Å². The number of furan rings is 1. The van der Waals surface area contributed by atoms with E-state index < -0.39 is 5.97 Å². The largest absolute Gasteiger partial charge is 0.478 e. The van der Waals surface area contributed by atoms with E-state index in [2.05, 4.69) is 10.3 Å². The van der Waals surface area contributed by atoms with Gasteiger partial charge in [0.1, 0.15) is 0 Å². The smallest absolute Gasteiger partial charge is 0.337 e. The van der Waals surface area contributed by atoms with Crippen molar-refractivity contribution in [2.24, 2.45) is 0 Å². The van der Waals surface area contributed by atoms with Crippen molar-refractivity contribution in [2.45, 2.75) is 6.54 Å².